The highest BCUT2D eigenvalue weighted by Gasteiger charge is 2.19. The smallest absolute Gasteiger partial charge is 0.277 e. The van der Waals surface area contributed by atoms with Gasteiger partial charge in [-0.15, -0.1) is 0 Å². The lowest BCUT2D eigenvalue weighted by Gasteiger charge is -2.25. The van der Waals surface area contributed by atoms with E-state index in [0.717, 1.165) is 19.4 Å². The predicted octanol–water partition coefficient (Wildman–Crippen LogP) is 1.92. The summed E-state index contributed by atoms with van der Waals surface area (Å²) < 4.78 is 0. The highest BCUT2D eigenvalue weighted by molar-refractivity contribution is 5.93. The van der Waals surface area contributed by atoms with Crippen molar-refractivity contribution in [3.8, 4) is 0 Å². The summed E-state index contributed by atoms with van der Waals surface area (Å²) in [7, 11) is 4.06. The van der Waals surface area contributed by atoms with E-state index in [9.17, 15) is 4.79 Å². The van der Waals surface area contributed by atoms with Crippen LogP contribution in [-0.2, 0) is 11.4 Å². The molecule has 1 aromatic carbocycles. The fourth-order valence-electron chi connectivity index (χ4n) is 2.02. The molecule has 0 bridgehead atoms. The first-order valence-electron chi connectivity index (χ1n) is 6.35. The van der Waals surface area contributed by atoms with Crippen LogP contribution in [0.5, 0.6) is 0 Å². The SMILES string of the molecule is CN(C)Cc1ccc(C(=O)N2CCCCO2)cc1. The van der Waals surface area contributed by atoms with Crippen molar-refractivity contribution in [3.63, 3.8) is 0 Å². The van der Waals surface area contributed by atoms with Crippen LogP contribution in [0.4, 0.5) is 0 Å². The van der Waals surface area contributed by atoms with Gasteiger partial charge in [0.2, 0.25) is 0 Å². The number of hydrogen-bond acceptors (Lipinski definition) is 3. The highest BCUT2D eigenvalue weighted by Crippen LogP contribution is 2.13. The van der Waals surface area contributed by atoms with E-state index in [1.54, 1.807) is 0 Å². The second kappa shape index (κ2) is 5.98. The van der Waals surface area contributed by atoms with Crippen molar-refractivity contribution >= 4 is 5.91 Å². The molecule has 0 radical (unpaired) electrons. The maximum Gasteiger partial charge on any atom is 0.277 e. The maximum atomic E-state index is 12.1. The Bertz CT molecular complexity index is 395. The Kier molecular flexibility index (Phi) is 4.33. The van der Waals surface area contributed by atoms with E-state index in [4.69, 9.17) is 4.84 Å². The van der Waals surface area contributed by atoms with Gasteiger partial charge in [0.1, 0.15) is 0 Å². The number of carbonyl (C=O) groups is 1. The monoisotopic (exact) mass is 248 g/mol. The third kappa shape index (κ3) is 3.31. The van der Waals surface area contributed by atoms with Crippen molar-refractivity contribution in [1.29, 1.82) is 0 Å². The molecule has 1 amide bonds. The van der Waals surface area contributed by atoms with Crippen LogP contribution < -0.4 is 0 Å². The molecule has 1 aromatic rings. The van der Waals surface area contributed by atoms with Gasteiger partial charge in [-0.05, 0) is 44.6 Å². The first-order chi connectivity index (χ1) is 8.66. The molecule has 4 nitrogen and oxygen atoms in total. The molecule has 1 fully saturated rings. The highest BCUT2D eigenvalue weighted by atomic mass is 16.7. The molecule has 2 rings (SSSR count). The first kappa shape index (κ1) is 13.1. The molecule has 0 N–H and O–H groups in total. The van der Waals surface area contributed by atoms with Gasteiger partial charge in [0, 0.05) is 18.7 Å². The first-order valence-corrected chi connectivity index (χ1v) is 6.35. The number of benzene rings is 1. The van der Waals surface area contributed by atoms with Gasteiger partial charge in [-0.2, -0.15) is 0 Å². The van der Waals surface area contributed by atoms with Crippen molar-refractivity contribution in [2.24, 2.45) is 0 Å². The number of hydroxylamine groups is 2. The van der Waals surface area contributed by atoms with E-state index in [-0.39, 0.29) is 5.91 Å². The Labute approximate surface area is 108 Å². The molecule has 98 valence electrons. The minimum absolute atomic E-state index is 0.0360. The topological polar surface area (TPSA) is 32.8 Å². The van der Waals surface area contributed by atoms with Crippen LogP contribution in [0.1, 0.15) is 28.8 Å². The normalized spacial score (nSPS) is 16.1. The second-order valence-electron chi connectivity index (χ2n) is 4.88. The second-order valence-corrected chi connectivity index (χ2v) is 4.88. The molecule has 1 aliphatic heterocycles. The number of rotatable bonds is 3. The summed E-state index contributed by atoms with van der Waals surface area (Å²) in [6.45, 7) is 2.22. The maximum absolute atomic E-state index is 12.1. The zero-order valence-electron chi connectivity index (χ0n) is 11.1. The Balaban J connectivity index is 2.02. The van der Waals surface area contributed by atoms with Gasteiger partial charge in [-0.1, -0.05) is 12.1 Å². The Morgan fingerprint density at radius 1 is 1.28 bits per heavy atom. The molecule has 0 aliphatic carbocycles. The number of nitrogens with zero attached hydrogens (tertiary/aromatic N) is 2. The molecular formula is C14H20N2O2. The van der Waals surface area contributed by atoms with Crippen molar-refractivity contribution < 1.29 is 9.63 Å². The lowest BCUT2D eigenvalue weighted by atomic mass is 10.1. The van der Waals surface area contributed by atoms with Gasteiger partial charge >= 0.3 is 0 Å². The standard InChI is InChI=1S/C14H20N2O2/c1-15(2)11-12-5-7-13(8-6-12)14(17)16-9-3-4-10-18-16/h5-8H,3-4,9-11H2,1-2H3. The van der Waals surface area contributed by atoms with Crippen LogP contribution in [0.15, 0.2) is 24.3 Å². The fraction of sp³-hybridized carbons (Fsp3) is 0.500. The summed E-state index contributed by atoms with van der Waals surface area (Å²) in [5.41, 5.74) is 1.90. The van der Waals surface area contributed by atoms with E-state index in [1.165, 1.54) is 10.6 Å². The van der Waals surface area contributed by atoms with Gasteiger partial charge in [-0.25, -0.2) is 5.06 Å². The summed E-state index contributed by atoms with van der Waals surface area (Å²) in [6, 6.07) is 7.74. The van der Waals surface area contributed by atoms with Gasteiger partial charge in [0.05, 0.1) is 6.61 Å². The average molecular weight is 248 g/mol. The molecule has 1 saturated heterocycles. The fourth-order valence-corrected chi connectivity index (χ4v) is 2.02. The number of hydrogen-bond donors (Lipinski definition) is 0. The van der Waals surface area contributed by atoms with Gasteiger partial charge < -0.3 is 4.90 Å². The summed E-state index contributed by atoms with van der Waals surface area (Å²) in [6.07, 6.45) is 2.05. The molecular weight excluding hydrogens is 228 g/mol. The molecule has 4 heteroatoms. The third-order valence-electron chi connectivity index (χ3n) is 2.93. The van der Waals surface area contributed by atoms with Crippen LogP contribution in [0, 0.1) is 0 Å². The van der Waals surface area contributed by atoms with Crippen LogP contribution in [0.2, 0.25) is 0 Å². The number of amides is 1. The van der Waals surface area contributed by atoms with Gasteiger partial charge in [0.25, 0.3) is 5.91 Å². The third-order valence-corrected chi connectivity index (χ3v) is 2.93. The molecule has 18 heavy (non-hydrogen) atoms. The van der Waals surface area contributed by atoms with E-state index >= 15 is 0 Å². The zero-order chi connectivity index (χ0) is 13.0. The molecule has 0 spiro atoms. The van der Waals surface area contributed by atoms with Gasteiger partial charge in [-0.3, -0.25) is 9.63 Å². The Morgan fingerprint density at radius 2 is 2.00 bits per heavy atom. The zero-order valence-corrected chi connectivity index (χ0v) is 11.1. The van der Waals surface area contributed by atoms with Crippen LogP contribution >= 0.6 is 0 Å². The molecule has 0 unspecified atom stereocenters. The Hall–Kier alpha value is -1.39. The van der Waals surface area contributed by atoms with E-state index in [2.05, 4.69) is 4.90 Å². The summed E-state index contributed by atoms with van der Waals surface area (Å²) >= 11 is 0. The van der Waals surface area contributed by atoms with Crippen molar-refractivity contribution in [1.82, 2.24) is 9.96 Å². The molecule has 0 saturated carbocycles. The van der Waals surface area contributed by atoms with E-state index in [1.807, 2.05) is 38.4 Å². The molecule has 0 aromatic heterocycles. The van der Waals surface area contributed by atoms with Crippen LogP contribution in [-0.4, -0.2) is 43.1 Å². The van der Waals surface area contributed by atoms with E-state index in [0.29, 0.717) is 18.7 Å². The molecule has 0 atom stereocenters. The summed E-state index contributed by atoms with van der Waals surface area (Å²) in [5, 5.41) is 1.48. The molecule has 1 heterocycles. The summed E-state index contributed by atoms with van der Waals surface area (Å²) in [5.74, 6) is -0.0360. The van der Waals surface area contributed by atoms with Crippen LogP contribution in [0.25, 0.3) is 0 Å². The average Bonchev–Trinajstić information content (AvgIpc) is 2.39. The van der Waals surface area contributed by atoms with Gasteiger partial charge in [0.15, 0.2) is 0 Å². The van der Waals surface area contributed by atoms with Crippen molar-refractivity contribution in [2.75, 3.05) is 27.2 Å². The van der Waals surface area contributed by atoms with Crippen molar-refractivity contribution in [2.45, 2.75) is 19.4 Å². The lowest BCUT2D eigenvalue weighted by molar-refractivity contribution is -0.144. The summed E-state index contributed by atoms with van der Waals surface area (Å²) in [4.78, 5) is 19.6. The predicted molar refractivity (Wildman–Crippen MR) is 70.1 cm³/mol. The lowest BCUT2D eigenvalue weighted by Crippen LogP contribution is -2.35. The van der Waals surface area contributed by atoms with Crippen LogP contribution in [0.3, 0.4) is 0 Å². The minimum Gasteiger partial charge on any atom is -0.305 e. The van der Waals surface area contributed by atoms with Crippen molar-refractivity contribution in [3.05, 3.63) is 35.4 Å². The quantitative estimate of drug-likeness (QED) is 0.819. The number of carbonyl (C=O) groups excluding carboxylic acids is 1. The minimum atomic E-state index is -0.0360. The molecule has 1 aliphatic rings. The largest absolute Gasteiger partial charge is 0.305 e. The Morgan fingerprint density at radius 3 is 2.56 bits per heavy atom. The van der Waals surface area contributed by atoms with E-state index < -0.39 is 0 Å².